The molecule has 42 heavy (non-hydrogen) atoms. The van der Waals surface area contributed by atoms with Crippen LogP contribution in [0.2, 0.25) is 0 Å². The molecule has 0 unspecified atom stereocenters. The third-order valence-electron chi connectivity index (χ3n) is 10.6. The minimum absolute atomic E-state index is 0.0360. The molecule has 9 heteroatoms. The summed E-state index contributed by atoms with van der Waals surface area (Å²) in [6, 6.07) is 4.04. The number of fused-ring (bicyclic) bond motifs is 4. The quantitative estimate of drug-likeness (QED) is 0.400. The van der Waals surface area contributed by atoms with Gasteiger partial charge in [0, 0.05) is 42.0 Å². The SMILES string of the molecule is C=CC(=O)N1CC[C@@H]2[C@H]1CN2c1nc(OCC23CCCN2CCC3)nc2cc(-c3cncc4c3CCCC4)c(F)cc12. The van der Waals surface area contributed by atoms with Crippen molar-refractivity contribution in [1.82, 2.24) is 24.8 Å². The van der Waals surface area contributed by atoms with Gasteiger partial charge in [-0.15, -0.1) is 0 Å². The van der Waals surface area contributed by atoms with E-state index in [0.29, 0.717) is 48.0 Å². The molecule has 1 aliphatic carbocycles. The van der Waals surface area contributed by atoms with Crippen LogP contribution in [0.5, 0.6) is 6.01 Å². The number of hydrogen-bond donors (Lipinski definition) is 0. The standard InChI is InChI=1S/C33H37FN6O2/c1-2-30(41)39-14-9-28-29(39)19-40(28)31-24-15-26(34)23(25-18-35-17-21-7-3-4-8-22(21)25)16-27(24)36-32(37-31)42-20-33-10-5-12-38(33)13-6-11-33/h2,15-18,28-29H,1,3-14,19-20H2/t28-,29-/m1/s1. The van der Waals surface area contributed by atoms with Crippen LogP contribution in [-0.2, 0) is 17.6 Å². The first kappa shape index (κ1) is 26.1. The zero-order chi connectivity index (χ0) is 28.4. The second-order valence-electron chi connectivity index (χ2n) is 12.7. The first-order valence-electron chi connectivity index (χ1n) is 15.6. The van der Waals surface area contributed by atoms with Crippen LogP contribution >= 0.6 is 0 Å². The lowest BCUT2D eigenvalue weighted by Crippen LogP contribution is -2.63. The van der Waals surface area contributed by atoms with Crippen LogP contribution in [0.15, 0.2) is 37.2 Å². The highest BCUT2D eigenvalue weighted by molar-refractivity contribution is 5.94. The van der Waals surface area contributed by atoms with E-state index in [1.54, 1.807) is 12.3 Å². The van der Waals surface area contributed by atoms with Crippen molar-refractivity contribution in [3.05, 3.63) is 54.1 Å². The van der Waals surface area contributed by atoms with Gasteiger partial charge in [-0.25, -0.2) is 4.39 Å². The Morgan fingerprint density at radius 3 is 2.71 bits per heavy atom. The highest BCUT2D eigenvalue weighted by Crippen LogP contribution is 2.42. The number of rotatable bonds is 6. The molecule has 2 aromatic heterocycles. The number of aryl methyl sites for hydroxylation is 1. The summed E-state index contributed by atoms with van der Waals surface area (Å²) in [7, 11) is 0. The van der Waals surface area contributed by atoms with Gasteiger partial charge < -0.3 is 14.5 Å². The molecule has 0 radical (unpaired) electrons. The summed E-state index contributed by atoms with van der Waals surface area (Å²) in [6.45, 7) is 7.82. The minimum Gasteiger partial charge on any atom is -0.461 e. The van der Waals surface area contributed by atoms with E-state index in [1.165, 1.54) is 30.0 Å². The van der Waals surface area contributed by atoms with Crippen molar-refractivity contribution in [3.8, 4) is 17.1 Å². The maximum absolute atomic E-state index is 16.0. The Morgan fingerprint density at radius 2 is 1.88 bits per heavy atom. The maximum atomic E-state index is 16.0. The fraction of sp³-hybridized carbons (Fsp3) is 0.515. The number of aromatic nitrogens is 3. The van der Waals surface area contributed by atoms with Crippen LogP contribution in [0.25, 0.3) is 22.0 Å². The van der Waals surface area contributed by atoms with Gasteiger partial charge in [-0.2, -0.15) is 9.97 Å². The average Bonchev–Trinajstić information content (AvgIpc) is 3.68. The minimum atomic E-state index is -0.291. The molecule has 8 rings (SSSR count). The van der Waals surface area contributed by atoms with E-state index < -0.39 is 0 Å². The number of amides is 1. The number of carbonyl (C=O) groups excluding carboxylic acids is 1. The van der Waals surface area contributed by atoms with Crippen molar-refractivity contribution >= 4 is 22.6 Å². The Balaban J connectivity index is 1.19. The first-order valence-corrected chi connectivity index (χ1v) is 15.6. The third-order valence-corrected chi connectivity index (χ3v) is 10.6. The lowest BCUT2D eigenvalue weighted by molar-refractivity contribution is -0.127. The summed E-state index contributed by atoms with van der Waals surface area (Å²) in [5.41, 5.74) is 4.55. The van der Waals surface area contributed by atoms with Gasteiger partial charge in [-0.3, -0.25) is 14.7 Å². The zero-order valence-corrected chi connectivity index (χ0v) is 24.0. The predicted molar refractivity (Wildman–Crippen MR) is 159 cm³/mol. The van der Waals surface area contributed by atoms with Crippen molar-refractivity contribution in [2.24, 2.45) is 0 Å². The molecular weight excluding hydrogens is 531 g/mol. The third kappa shape index (κ3) is 4.03. The number of benzene rings is 1. The molecule has 4 aliphatic heterocycles. The van der Waals surface area contributed by atoms with E-state index in [9.17, 15) is 4.79 Å². The molecule has 1 aromatic carbocycles. The lowest BCUT2D eigenvalue weighted by atomic mass is 9.87. The summed E-state index contributed by atoms with van der Waals surface area (Å²) in [6.07, 6.45) is 14.8. The summed E-state index contributed by atoms with van der Waals surface area (Å²) < 4.78 is 22.5. The Labute approximate surface area is 245 Å². The molecule has 0 N–H and O–H groups in total. The van der Waals surface area contributed by atoms with E-state index in [0.717, 1.165) is 63.6 Å². The molecular formula is C33H37FN6O2. The van der Waals surface area contributed by atoms with Crippen molar-refractivity contribution < 1.29 is 13.9 Å². The lowest BCUT2D eigenvalue weighted by Gasteiger charge is -2.47. The van der Waals surface area contributed by atoms with Crippen molar-refractivity contribution in [2.45, 2.75) is 75.4 Å². The van der Waals surface area contributed by atoms with Gasteiger partial charge in [-0.1, -0.05) is 6.58 Å². The van der Waals surface area contributed by atoms with Crippen LogP contribution < -0.4 is 9.64 Å². The largest absolute Gasteiger partial charge is 0.461 e. The fourth-order valence-electron chi connectivity index (χ4n) is 8.41. The monoisotopic (exact) mass is 568 g/mol. The Bertz CT molecular complexity index is 1580. The molecule has 8 nitrogen and oxygen atoms in total. The van der Waals surface area contributed by atoms with Crippen molar-refractivity contribution in [2.75, 3.05) is 37.7 Å². The van der Waals surface area contributed by atoms with E-state index in [4.69, 9.17) is 14.7 Å². The molecule has 0 bridgehead atoms. The Kier molecular flexibility index (Phi) is 6.21. The highest BCUT2D eigenvalue weighted by Gasteiger charge is 2.49. The molecule has 0 spiro atoms. The molecule has 3 aromatic rings. The zero-order valence-electron chi connectivity index (χ0n) is 24.0. The summed E-state index contributed by atoms with van der Waals surface area (Å²) in [5.74, 6) is 0.362. The fourth-order valence-corrected chi connectivity index (χ4v) is 8.41. The number of ether oxygens (including phenoxy) is 1. The number of halogens is 1. The normalized spacial score (nSPS) is 24.3. The van der Waals surface area contributed by atoms with Gasteiger partial charge in [0.2, 0.25) is 5.91 Å². The van der Waals surface area contributed by atoms with Crippen LogP contribution in [0.3, 0.4) is 0 Å². The summed E-state index contributed by atoms with van der Waals surface area (Å²) in [4.78, 5) is 33.4. The first-order chi connectivity index (χ1) is 20.5. The highest BCUT2D eigenvalue weighted by atomic mass is 19.1. The van der Waals surface area contributed by atoms with Crippen molar-refractivity contribution in [1.29, 1.82) is 0 Å². The van der Waals surface area contributed by atoms with Gasteiger partial charge in [0.1, 0.15) is 18.2 Å². The molecule has 0 saturated carbocycles. The number of carbonyl (C=O) groups is 1. The second-order valence-corrected chi connectivity index (χ2v) is 12.7. The van der Waals surface area contributed by atoms with Crippen LogP contribution in [0, 0.1) is 5.82 Å². The molecule has 1 amide bonds. The van der Waals surface area contributed by atoms with Gasteiger partial charge in [0.05, 0.1) is 23.1 Å². The Morgan fingerprint density at radius 1 is 1.05 bits per heavy atom. The van der Waals surface area contributed by atoms with Gasteiger partial charge >= 0.3 is 6.01 Å². The van der Waals surface area contributed by atoms with Crippen LogP contribution in [0.1, 0.15) is 56.1 Å². The molecule has 4 saturated heterocycles. The van der Waals surface area contributed by atoms with E-state index in [-0.39, 0.29) is 29.3 Å². The molecule has 4 fully saturated rings. The van der Waals surface area contributed by atoms with E-state index in [1.807, 2.05) is 17.2 Å². The van der Waals surface area contributed by atoms with E-state index >= 15 is 4.39 Å². The number of hydrogen-bond acceptors (Lipinski definition) is 7. The maximum Gasteiger partial charge on any atom is 0.319 e. The van der Waals surface area contributed by atoms with Gasteiger partial charge in [-0.05, 0) is 100 Å². The topological polar surface area (TPSA) is 74.7 Å². The molecule has 2 atom stereocenters. The Hall–Kier alpha value is -3.59. The second kappa shape index (κ2) is 10.0. The van der Waals surface area contributed by atoms with Crippen molar-refractivity contribution in [3.63, 3.8) is 0 Å². The average molecular weight is 569 g/mol. The smallest absolute Gasteiger partial charge is 0.319 e. The molecule has 5 aliphatic rings. The number of likely N-dealkylation sites (tertiary alicyclic amines) is 1. The van der Waals surface area contributed by atoms with Crippen LogP contribution in [0.4, 0.5) is 10.2 Å². The number of nitrogens with zero attached hydrogens (tertiary/aromatic N) is 6. The summed E-state index contributed by atoms with van der Waals surface area (Å²) >= 11 is 0. The van der Waals surface area contributed by atoms with Crippen LogP contribution in [-0.4, -0.2) is 81.1 Å². The molecule has 6 heterocycles. The number of anilines is 1. The van der Waals surface area contributed by atoms with Gasteiger partial charge in [0.15, 0.2) is 0 Å². The van der Waals surface area contributed by atoms with E-state index in [2.05, 4.69) is 21.4 Å². The molecule has 218 valence electrons. The number of pyridine rings is 1. The predicted octanol–water partition coefficient (Wildman–Crippen LogP) is 4.69. The summed E-state index contributed by atoms with van der Waals surface area (Å²) in [5, 5.41) is 0.676. The van der Waals surface area contributed by atoms with Gasteiger partial charge in [0.25, 0.3) is 0 Å².